The standard InChI is InChI=1S/C25H23N3O7/c29-23(13-34-16-4-5-18-17-2-1-3-19(17)25(31)35-22(18)9-16)26-10-14-8-15(12-26)20-6-7-21(28(32)33)24(30)27(20)11-14/h4-7,9,14-15H,1-3,8,10-13H2. The first-order valence-corrected chi connectivity index (χ1v) is 11.8. The summed E-state index contributed by atoms with van der Waals surface area (Å²) in [7, 11) is 0. The van der Waals surface area contributed by atoms with Crippen LogP contribution < -0.4 is 15.9 Å². The minimum absolute atomic E-state index is 0.0435. The molecule has 1 amide bonds. The second-order valence-corrected chi connectivity index (χ2v) is 9.56. The van der Waals surface area contributed by atoms with E-state index in [1.165, 1.54) is 10.6 Å². The number of fused-ring (bicyclic) bond motifs is 7. The average Bonchev–Trinajstić information content (AvgIpc) is 3.34. The van der Waals surface area contributed by atoms with Gasteiger partial charge in [0.1, 0.15) is 11.3 Å². The molecular formula is C25H23N3O7. The van der Waals surface area contributed by atoms with E-state index < -0.39 is 16.2 Å². The third kappa shape index (κ3) is 3.60. The van der Waals surface area contributed by atoms with Gasteiger partial charge in [0.2, 0.25) is 0 Å². The highest BCUT2D eigenvalue weighted by molar-refractivity contribution is 5.83. The lowest BCUT2D eigenvalue weighted by molar-refractivity contribution is -0.386. The van der Waals surface area contributed by atoms with Gasteiger partial charge in [-0.15, -0.1) is 0 Å². The molecule has 2 aliphatic heterocycles. The number of amides is 1. The van der Waals surface area contributed by atoms with Gasteiger partial charge < -0.3 is 18.6 Å². The number of aryl methyl sites for hydroxylation is 1. The fourth-order valence-electron chi connectivity index (χ4n) is 5.87. The highest BCUT2D eigenvalue weighted by Gasteiger charge is 2.37. The van der Waals surface area contributed by atoms with Crippen LogP contribution in [0, 0.1) is 16.0 Å². The molecule has 1 fully saturated rings. The molecule has 1 saturated heterocycles. The molecule has 2 unspecified atom stereocenters. The van der Waals surface area contributed by atoms with E-state index in [1.54, 1.807) is 23.1 Å². The van der Waals surface area contributed by atoms with Gasteiger partial charge in [0.25, 0.3) is 5.91 Å². The summed E-state index contributed by atoms with van der Waals surface area (Å²) in [4.78, 5) is 49.9. The Morgan fingerprint density at radius 2 is 1.94 bits per heavy atom. The number of nitrogens with zero attached hydrogens (tertiary/aromatic N) is 3. The monoisotopic (exact) mass is 477 g/mol. The van der Waals surface area contributed by atoms with Crippen molar-refractivity contribution in [3.63, 3.8) is 0 Å². The summed E-state index contributed by atoms with van der Waals surface area (Å²) < 4.78 is 12.7. The molecule has 3 aromatic rings. The molecule has 180 valence electrons. The van der Waals surface area contributed by atoms with Crippen LogP contribution in [-0.2, 0) is 24.2 Å². The summed E-state index contributed by atoms with van der Waals surface area (Å²) in [6, 6.07) is 8.20. The van der Waals surface area contributed by atoms with E-state index in [2.05, 4.69) is 0 Å². The van der Waals surface area contributed by atoms with Crippen molar-refractivity contribution in [2.75, 3.05) is 19.7 Å². The van der Waals surface area contributed by atoms with Gasteiger partial charge in [-0.3, -0.25) is 19.7 Å². The second-order valence-electron chi connectivity index (χ2n) is 9.56. The number of hydrogen-bond donors (Lipinski definition) is 0. The maximum atomic E-state index is 13.0. The molecule has 0 saturated carbocycles. The summed E-state index contributed by atoms with van der Waals surface area (Å²) in [5, 5.41) is 12.0. The van der Waals surface area contributed by atoms with Gasteiger partial charge >= 0.3 is 16.9 Å². The number of benzene rings is 1. The molecule has 0 N–H and O–H groups in total. The molecule has 2 bridgehead atoms. The van der Waals surface area contributed by atoms with Crippen LogP contribution in [0.1, 0.15) is 35.6 Å². The number of likely N-dealkylation sites (tertiary alicyclic amines) is 1. The number of rotatable bonds is 4. The normalized spacial score (nSPS) is 20.4. The van der Waals surface area contributed by atoms with Gasteiger partial charge in [0.05, 0.1) is 4.92 Å². The fourth-order valence-corrected chi connectivity index (χ4v) is 5.87. The molecule has 6 rings (SSSR count). The first-order valence-electron chi connectivity index (χ1n) is 11.8. The summed E-state index contributed by atoms with van der Waals surface area (Å²) in [6.45, 7) is 1.08. The highest BCUT2D eigenvalue weighted by atomic mass is 16.6. The van der Waals surface area contributed by atoms with Crippen LogP contribution in [0.3, 0.4) is 0 Å². The number of carbonyl (C=O) groups excluding carboxylic acids is 1. The molecule has 2 atom stereocenters. The molecule has 4 heterocycles. The van der Waals surface area contributed by atoms with E-state index in [0.29, 0.717) is 31.0 Å². The lowest BCUT2D eigenvalue weighted by Crippen LogP contribution is -2.50. The van der Waals surface area contributed by atoms with Crippen molar-refractivity contribution in [1.82, 2.24) is 9.47 Å². The lowest BCUT2D eigenvalue weighted by Gasteiger charge is -2.42. The van der Waals surface area contributed by atoms with E-state index in [-0.39, 0.29) is 30.0 Å². The van der Waals surface area contributed by atoms with Crippen molar-refractivity contribution in [2.45, 2.75) is 38.1 Å². The van der Waals surface area contributed by atoms with Crippen LogP contribution in [0.4, 0.5) is 5.69 Å². The van der Waals surface area contributed by atoms with Crippen LogP contribution in [-0.4, -0.2) is 40.0 Å². The number of piperidine rings is 1. The van der Waals surface area contributed by atoms with E-state index >= 15 is 0 Å². The van der Waals surface area contributed by atoms with Crippen molar-refractivity contribution >= 4 is 22.6 Å². The highest BCUT2D eigenvalue weighted by Crippen LogP contribution is 2.36. The maximum Gasteiger partial charge on any atom is 0.339 e. The molecule has 10 heteroatoms. The van der Waals surface area contributed by atoms with Gasteiger partial charge in [0, 0.05) is 54.3 Å². The minimum atomic E-state index is -0.654. The Kier molecular flexibility index (Phi) is 4.98. The van der Waals surface area contributed by atoms with Crippen molar-refractivity contribution < 1.29 is 18.9 Å². The first kappa shape index (κ1) is 21.6. The summed E-state index contributed by atoms with van der Waals surface area (Å²) in [6.07, 6.45) is 3.37. The molecule has 10 nitrogen and oxygen atoms in total. The molecule has 1 aliphatic carbocycles. The first-order chi connectivity index (χ1) is 16.9. The Balaban J connectivity index is 1.17. The van der Waals surface area contributed by atoms with E-state index in [1.807, 2.05) is 6.07 Å². The van der Waals surface area contributed by atoms with Gasteiger partial charge in [-0.1, -0.05) is 0 Å². The third-order valence-electron chi connectivity index (χ3n) is 7.44. The molecule has 3 aliphatic rings. The maximum absolute atomic E-state index is 13.0. The smallest absolute Gasteiger partial charge is 0.339 e. The van der Waals surface area contributed by atoms with Gasteiger partial charge in [0.15, 0.2) is 6.61 Å². The van der Waals surface area contributed by atoms with Crippen molar-refractivity contribution in [2.24, 2.45) is 5.92 Å². The van der Waals surface area contributed by atoms with Crippen molar-refractivity contribution in [3.05, 3.63) is 78.0 Å². The molecule has 1 aromatic carbocycles. The topological polar surface area (TPSA) is 125 Å². The predicted octanol–water partition coefficient (Wildman–Crippen LogP) is 2.38. The number of ether oxygens (including phenoxy) is 1. The Bertz CT molecular complexity index is 1510. The Morgan fingerprint density at radius 1 is 1.11 bits per heavy atom. The number of aromatic nitrogens is 1. The van der Waals surface area contributed by atoms with Gasteiger partial charge in [-0.05, 0) is 55.4 Å². The Hall–Kier alpha value is -3.95. The van der Waals surface area contributed by atoms with Gasteiger partial charge in [-0.25, -0.2) is 4.79 Å². The van der Waals surface area contributed by atoms with E-state index in [9.17, 15) is 24.5 Å². The number of hydrogen-bond acceptors (Lipinski definition) is 7. The van der Waals surface area contributed by atoms with Crippen LogP contribution in [0.5, 0.6) is 5.75 Å². The average molecular weight is 477 g/mol. The predicted molar refractivity (Wildman–Crippen MR) is 125 cm³/mol. The van der Waals surface area contributed by atoms with Crippen LogP contribution in [0.25, 0.3) is 11.0 Å². The molecule has 35 heavy (non-hydrogen) atoms. The van der Waals surface area contributed by atoms with Crippen molar-refractivity contribution in [3.8, 4) is 5.75 Å². The summed E-state index contributed by atoms with van der Waals surface area (Å²) in [5.41, 5.74) is 1.68. The van der Waals surface area contributed by atoms with Crippen molar-refractivity contribution in [1.29, 1.82) is 0 Å². The minimum Gasteiger partial charge on any atom is -0.484 e. The van der Waals surface area contributed by atoms with Gasteiger partial charge in [-0.2, -0.15) is 0 Å². The fraction of sp³-hybridized carbons (Fsp3) is 0.400. The molecular weight excluding hydrogens is 454 g/mol. The summed E-state index contributed by atoms with van der Waals surface area (Å²) in [5.74, 6) is 0.264. The zero-order chi connectivity index (χ0) is 24.3. The number of carbonyl (C=O) groups is 1. The molecule has 2 aromatic heterocycles. The molecule has 0 radical (unpaired) electrons. The van der Waals surface area contributed by atoms with Crippen LogP contribution >= 0.6 is 0 Å². The van der Waals surface area contributed by atoms with Crippen LogP contribution in [0.2, 0.25) is 0 Å². The van der Waals surface area contributed by atoms with Crippen LogP contribution in [0.15, 0.2) is 44.3 Å². The lowest BCUT2D eigenvalue weighted by atomic mass is 9.83. The van der Waals surface area contributed by atoms with E-state index in [0.717, 1.165) is 47.9 Å². The summed E-state index contributed by atoms with van der Waals surface area (Å²) >= 11 is 0. The zero-order valence-corrected chi connectivity index (χ0v) is 18.9. The zero-order valence-electron chi connectivity index (χ0n) is 18.9. The Morgan fingerprint density at radius 3 is 2.77 bits per heavy atom. The van der Waals surface area contributed by atoms with E-state index in [4.69, 9.17) is 9.15 Å². The second kappa shape index (κ2) is 8.07. The largest absolute Gasteiger partial charge is 0.484 e. The quantitative estimate of drug-likeness (QED) is 0.321. The Labute approximate surface area is 198 Å². The number of pyridine rings is 1. The third-order valence-corrected chi connectivity index (χ3v) is 7.44. The SMILES string of the molecule is O=C(COc1ccc2c3c(c(=O)oc2c1)CCC3)N1CC2CC(C1)c1ccc([N+](=O)[O-])c(=O)n1C2. The number of nitro groups is 1. The molecule has 0 spiro atoms.